The first kappa shape index (κ1) is 13.8. The first-order valence-corrected chi connectivity index (χ1v) is 8.77. The Morgan fingerprint density at radius 3 is 2.85 bits per heavy atom. The van der Waals surface area contributed by atoms with E-state index in [1.165, 1.54) is 29.4 Å². The maximum atomic E-state index is 6.10. The first-order valence-electron chi connectivity index (χ1n) is 7.11. The van der Waals surface area contributed by atoms with Gasteiger partial charge in [0.15, 0.2) is 0 Å². The van der Waals surface area contributed by atoms with Crippen molar-refractivity contribution < 1.29 is 0 Å². The maximum absolute atomic E-state index is 6.10. The maximum Gasteiger partial charge on any atom is 0.149 e. The average Bonchev–Trinajstić information content (AvgIpc) is 3.01. The lowest BCUT2D eigenvalue weighted by Crippen LogP contribution is -2.26. The highest BCUT2D eigenvalue weighted by atomic mass is 32.1. The number of rotatable bonds is 6. The molecule has 2 heterocycles. The van der Waals surface area contributed by atoms with Crippen molar-refractivity contribution in [2.75, 3.05) is 23.7 Å². The van der Waals surface area contributed by atoms with Gasteiger partial charge in [0.25, 0.3) is 0 Å². The van der Waals surface area contributed by atoms with E-state index in [2.05, 4.69) is 26.6 Å². The molecule has 0 unspecified atom stereocenters. The van der Waals surface area contributed by atoms with E-state index in [4.69, 9.17) is 5.73 Å². The van der Waals surface area contributed by atoms with Crippen LogP contribution >= 0.6 is 22.9 Å². The zero-order valence-corrected chi connectivity index (χ0v) is 13.6. The molecule has 0 saturated heterocycles. The molecule has 1 fully saturated rings. The van der Waals surface area contributed by atoms with Gasteiger partial charge in [-0.25, -0.2) is 4.98 Å². The molecule has 6 heteroatoms. The van der Waals surface area contributed by atoms with E-state index < -0.39 is 0 Å². The van der Waals surface area contributed by atoms with Crippen molar-refractivity contribution >= 4 is 33.7 Å². The highest BCUT2D eigenvalue weighted by Gasteiger charge is 2.27. The van der Waals surface area contributed by atoms with Crippen molar-refractivity contribution in [1.29, 1.82) is 0 Å². The van der Waals surface area contributed by atoms with E-state index >= 15 is 0 Å². The van der Waals surface area contributed by atoms with E-state index in [9.17, 15) is 0 Å². The normalized spacial score (nSPS) is 14.7. The fraction of sp³-hybridized carbons (Fsp3) is 0.571. The second-order valence-corrected chi connectivity index (χ2v) is 7.04. The molecule has 0 aliphatic heterocycles. The van der Waals surface area contributed by atoms with E-state index in [0.29, 0.717) is 5.82 Å². The number of hydrogen-bond donors (Lipinski definition) is 1. The Bertz CT molecular complexity index is 586. The standard InChI is InChI=1S/C14H20N4S2/c1-3-6-18(7-10-4-5-10)14-11(12(15)17-20-14)13-16-9(2)8-19-13/h8,10H,3-7H2,1-2H3,(H2,15,17). The van der Waals surface area contributed by atoms with Crippen LogP contribution in [0.15, 0.2) is 5.38 Å². The lowest BCUT2D eigenvalue weighted by molar-refractivity contribution is 0.713. The molecule has 1 aliphatic rings. The third-order valence-corrected chi connectivity index (χ3v) is 5.39. The highest BCUT2D eigenvalue weighted by molar-refractivity contribution is 7.15. The second-order valence-electron chi connectivity index (χ2n) is 5.43. The molecule has 2 N–H and O–H groups in total. The van der Waals surface area contributed by atoms with Crippen LogP contribution < -0.4 is 10.6 Å². The summed E-state index contributed by atoms with van der Waals surface area (Å²) in [6.07, 6.45) is 3.86. The number of hydrogen-bond acceptors (Lipinski definition) is 6. The number of anilines is 2. The molecule has 0 amide bonds. The van der Waals surface area contributed by atoms with E-state index in [-0.39, 0.29) is 0 Å². The minimum Gasteiger partial charge on any atom is -0.382 e. The number of nitrogens with two attached hydrogens (primary N) is 1. The van der Waals surface area contributed by atoms with Crippen LogP contribution in [0.3, 0.4) is 0 Å². The van der Waals surface area contributed by atoms with Crippen molar-refractivity contribution in [2.45, 2.75) is 33.1 Å². The van der Waals surface area contributed by atoms with Gasteiger partial charge >= 0.3 is 0 Å². The zero-order valence-electron chi connectivity index (χ0n) is 11.9. The third-order valence-electron chi connectivity index (χ3n) is 3.49. The molecule has 2 aromatic heterocycles. The Hall–Kier alpha value is -1.14. The smallest absolute Gasteiger partial charge is 0.149 e. The summed E-state index contributed by atoms with van der Waals surface area (Å²) in [5, 5.41) is 4.27. The summed E-state index contributed by atoms with van der Waals surface area (Å²) in [6, 6.07) is 0. The summed E-state index contributed by atoms with van der Waals surface area (Å²) < 4.78 is 4.38. The van der Waals surface area contributed by atoms with Crippen LogP contribution in [0.1, 0.15) is 31.9 Å². The fourth-order valence-corrected chi connectivity index (χ4v) is 4.10. The number of nitrogen functional groups attached to an aromatic ring is 1. The number of aromatic nitrogens is 2. The average molecular weight is 308 g/mol. The van der Waals surface area contributed by atoms with Gasteiger partial charge in [0, 0.05) is 24.2 Å². The SMILES string of the molecule is CCCN(CC1CC1)c1snc(N)c1-c1nc(C)cs1. The van der Waals surface area contributed by atoms with Crippen LogP contribution in [0.25, 0.3) is 10.6 Å². The molecule has 20 heavy (non-hydrogen) atoms. The predicted molar refractivity (Wildman–Crippen MR) is 87.6 cm³/mol. The topological polar surface area (TPSA) is 55.0 Å². The van der Waals surface area contributed by atoms with Gasteiger partial charge in [-0.3, -0.25) is 0 Å². The highest BCUT2D eigenvalue weighted by Crippen LogP contribution is 2.42. The summed E-state index contributed by atoms with van der Waals surface area (Å²) in [7, 11) is 0. The molecular formula is C14H20N4S2. The van der Waals surface area contributed by atoms with Crippen molar-refractivity contribution in [3.63, 3.8) is 0 Å². The molecule has 0 aromatic carbocycles. The monoisotopic (exact) mass is 308 g/mol. The van der Waals surface area contributed by atoms with Gasteiger partial charge in [0.05, 0.1) is 5.56 Å². The molecule has 0 bridgehead atoms. The van der Waals surface area contributed by atoms with Crippen LogP contribution in [0.5, 0.6) is 0 Å². The van der Waals surface area contributed by atoms with Gasteiger partial charge in [0.2, 0.25) is 0 Å². The Kier molecular flexibility index (Phi) is 3.94. The molecule has 2 aromatic rings. The van der Waals surface area contributed by atoms with E-state index in [1.54, 1.807) is 11.3 Å². The van der Waals surface area contributed by atoms with Gasteiger partial charge < -0.3 is 10.6 Å². The predicted octanol–water partition coefficient (Wildman–Crippen LogP) is 3.78. The van der Waals surface area contributed by atoms with Crippen LogP contribution in [-0.4, -0.2) is 22.4 Å². The second kappa shape index (κ2) is 5.69. The lowest BCUT2D eigenvalue weighted by Gasteiger charge is -2.23. The summed E-state index contributed by atoms with van der Waals surface area (Å²) in [6.45, 7) is 6.43. The van der Waals surface area contributed by atoms with Gasteiger partial charge in [-0.2, -0.15) is 4.37 Å². The van der Waals surface area contributed by atoms with Crippen molar-refractivity contribution in [2.24, 2.45) is 5.92 Å². The molecule has 0 atom stereocenters. The fourth-order valence-electron chi connectivity index (χ4n) is 2.34. The van der Waals surface area contributed by atoms with Gasteiger partial charge in [-0.15, -0.1) is 11.3 Å². The Morgan fingerprint density at radius 1 is 1.45 bits per heavy atom. The van der Waals surface area contributed by atoms with Gasteiger partial charge in [0.1, 0.15) is 15.8 Å². The number of aryl methyl sites for hydroxylation is 1. The minimum atomic E-state index is 0.622. The Balaban J connectivity index is 1.95. The molecule has 1 aliphatic carbocycles. The van der Waals surface area contributed by atoms with Crippen LogP contribution in [0.4, 0.5) is 10.8 Å². The third kappa shape index (κ3) is 2.81. The minimum absolute atomic E-state index is 0.622. The van der Waals surface area contributed by atoms with Crippen molar-refractivity contribution in [3.8, 4) is 10.6 Å². The number of thiazole rings is 1. The molecule has 3 rings (SSSR count). The van der Waals surface area contributed by atoms with Crippen molar-refractivity contribution in [3.05, 3.63) is 11.1 Å². The zero-order chi connectivity index (χ0) is 14.1. The molecule has 1 saturated carbocycles. The van der Waals surface area contributed by atoms with Crippen LogP contribution in [0.2, 0.25) is 0 Å². The van der Waals surface area contributed by atoms with Crippen LogP contribution in [-0.2, 0) is 0 Å². The van der Waals surface area contributed by atoms with Crippen molar-refractivity contribution in [1.82, 2.24) is 9.36 Å². The Morgan fingerprint density at radius 2 is 2.25 bits per heavy atom. The molecule has 4 nitrogen and oxygen atoms in total. The van der Waals surface area contributed by atoms with E-state index in [1.807, 2.05) is 6.92 Å². The quantitative estimate of drug-likeness (QED) is 0.882. The lowest BCUT2D eigenvalue weighted by atomic mass is 10.2. The number of nitrogens with zero attached hydrogens (tertiary/aromatic N) is 3. The molecular weight excluding hydrogens is 288 g/mol. The van der Waals surface area contributed by atoms with Crippen LogP contribution in [0, 0.1) is 12.8 Å². The summed E-state index contributed by atoms with van der Waals surface area (Å²) in [5.41, 5.74) is 8.19. The largest absolute Gasteiger partial charge is 0.382 e. The summed E-state index contributed by atoms with van der Waals surface area (Å²) >= 11 is 3.17. The van der Waals surface area contributed by atoms with Gasteiger partial charge in [-0.1, -0.05) is 6.92 Å². The molecule has 108 valence electrons. The summed E-state index contributed by atoms with van der Waals surface area (Å²) in [4.78, 5) is 7.05. The van der Waals surface area contributed by atoms with Gasteiger partial charge in [-0.05, 0) is 43.6 Å². The van der Waals surface area contributed by atoms with E-state index in [0.717, 1.165) is 41.7 Å². The Labute approximate surface area is 127 Å². The molecule has 0 spiro atoms. The summed E-state index contributed by atoms with van der Waals surface area (Å²) in [5.74, 6) is 1.48. The molecule has 0 radical (unpaired) electrons. The first-order chi connectivity index (χ1) is 9.69.